The second kappa shape index (κ2) is 11.4. The van der Waals surface area contributed by atoms with Crippen molar-refractivity contribution in [3.8, 4) is 17.2 Å². The van der Waals surface area contributed by atoms with Gasteiger partial charge in [0.25, 0.3) is 0 Å². The number of nitrogens with zero attached hydrogens (tertiary/aromatic N) is 3. The first-order valence-electron chi connectivity index (χ1n) is 10.1. The van der Waals surface area contributed by atoms with E-state index in [9.17, 15) is 4.79 Å². The molecule has 0 fully saturated rings. The molecule has 0 aliphatic heterocycles. The van der Waals surface area contributed by atoms with Crippen LogP contribution in [0.25, 0.3) is 0 Å². The van der Waals surface area contributed by atoms with Crippen LogP contribution in [0.5, 0.6) is 17.2 Å². The summed E-state index contributed by atoms with van der Waals surface area (Å²) in [5.74, 6) is 3.85. The van der Waals surface area contributed by atoms with Crippen molar-refractivity contribution in [3.63, 3.8) is 0 Å². The minimum atomic E-state index is 0.544. The number of rotatable bonds is 12. The molecule has 0 radical (unpaired) electrons. The predicted molar refractivity (Wildman–Crippen MR) is 121 cm³/mol. The Morgan fingerprint density at radius 3 is 2.52 bits per heavy atom. The zero-order valence-electron chi connectivity index (χ0n) is 18.0. The summed E-state index contributed by atoms with van der Waals surface area (Å²) in [5.41, 5.74) is 1.73. The molecule has 1 aromatic heterocycles. The fourth-order valence-corrected chi connectivity index (χ4v) is 4.02. The minimum Gasteiger partial charge on any atom is -0.497 e. The van der Waals surface area contributed by atoms with E-state index in [1.54, 1.807) is 44.2 Å². The zero-order chi connectivity index (χ0) is 22.1. The van der Waals surface area contributed by atoms with Crippen LogP contribution in [0.4, 0.5) is 0 Å². The number of thioether (sulfide) groups is 1. The molecule has 0 atom stereocenters. The topological polar surface area (TPSA) is 75.5 Å². The van der Waals surface area contributed by atoms with Crippen LogP contribution < -0.4 is 14.2 Å². The number of ether oxygens (including phenoxy) is 3. The van der Waals surface area contributed by atoms with Gasteiger partial charge >= 0.3 is 0 Å². The van der Waals surface area contributed by atoms with Crippen molar-refractivity contribution >= 4 is 18.0 Å². The summed E-state index contributed by atoms with van der Waals surface area (Å²) in [4.78, 5) is 10.9. The smallest absolute Gasteiger partial charge is 0.191 e. The van der Waals surface area contributed by atoms with Crippen molar-refractivity contribution in [2.45, 2.75) is 31.5 Å². The summed E-state index contributed by atoms with van der Waals surface area (Å²) in [6.07, 6.45) is 2.36. The lowest BCUT2D eigenvalue weighted by Gasteiger charge is -2.11. The van der Waals surface area contributed by atoms with Gasteiger partial charge in [0.05, 0.1) is 20.8 Å². The Balaban J connectivity index is 1.51. The lowest BCUT2D eigenvalue weighted by molar-refractivity contribution is 0.112. The Labute approximate surface area is 186 Å². The number of hydrogen-bond acceptors (Lipinski definition) is 7. The standard InChI is InChI=1S/C23H27N3O4S/c1-4-26-22(15-17-6-9-19(28-2)10-7-17)24-25-23(26)31-13-5-12-30-20-11-8-18(16-27)14-21(20)29-3/h6-11,14,16H,4-5,12-13,15H2,1-3H3. The van der Waals surface area contributed by atoms with Gasteiger partial charge in [0.15, 0.2) is 16.7 Å². The molecular weight excluding hydrogens is 414 g/mol. The van der Waals surface area contributed by atoms with Crippen molar-refractivity contribution in [2.75, 3.05) is 26.6 Å². The molecule has 2 aromatic carbocycles. The molecule has 31 heavy (non-hydrogen) atoms. The summed E-state index contributed by atoms with van der Waals surface area (Å²) < 4.78 is 18.5. The fraction of sp³-hybridized carbons (Fsp3) is 0.348. The molecule has 1 heterocycles. The van der Waals surface area contributed by atoms with E-state index in [-0.39, 0.29) is 0 Å². The number of aldehydes is 1. The van der Waals surface area contributed by atoms with Crippen LogP contribution in [-0.4, -0.2) is 47.6 Å². The van der Waals surface area contributed by atoms with Gasteiger partial charge in [0.2, 0.25) is 0 Å². The SMILES string of the molecule is CCn1c(Cc2ccc(OC)cc2)nnc1SCCCOc1ccc(C=O)cc1OC. The fourth-order valence-electron chi connectivity index (χ4n) is 3.08. The van der Waals surface area contributed by atoms with Crippen LogP contribution >= 0.6 is 11.8 Å². The summed E-state index contributed by atoms with van der Waals surface area (Å²) in [6, 6.07) is 13.2. The molecule has 0 aliphatic rings. The molecule has 0 aliphatic carbocycles. The zero-order valence-corrected chi connectivity index (χ0v) is 18.9. The van der Waals surface area contributed by atoms with Gasteiger partial charge in [0.1, 0.15) is 17.9 Å². The normalized spacial score (nSPS) is 10.7. The second-order valence-electron chi connectivity index (χ2n) is 6.75. The van der Waals surface area contributed by atoms with Crippen LogP contribution in [-0.2, 0) is 13.0 Å². The summed E-state index contributed by atoms with van der Waals surface area (Å²) in [5, 5.41) is 9.69. The van der Waals surface area contributed by atoms with Gasteiger partial charge in [-0.3, -0.25) is 4.79 Å². The van der Waals surface area contributed by atoms with Gasteiger partial charge in [0, 0.05) is 24.3 Å². The van der Waals surface area contributed by atoms with Gasteiger partial charge in [-0.15, -0.1) is 10.2 Å². The van der Waals surface area contributed by atoms with Crippen molar-refractivity contribution in [2.24, 2.45) is 0 Å². The number of carbonyl (C=O) groups is 1. The average Bonchev–Trinajstić information content (AvgIpc) is 3.20. The molecule has 0 amide bonds. The largest absolute Gasteiger partial charge is 0.497 e. The molecule has 0 spiro atoms. The molecule has 7 nitrogen and oxygen atoms in total. The highest BCUT2D eigenvalue weighted by Gasteiger charge is 2.12. The van der Waals surface area contributed by atoms with E-state index < -0.39 is 0 Å². The van der Waals surface area contributed by atoms with E-state index in [1.165, 1.54) is 5.56 Å². The summed E-state index contributed by atoms with van der Waals surface area (Å²) in [7, 11) is 3.23. The molecule has 0 saturated heterocycles. The maximum Gasteiger partial charge on any atom is 0.191 e. The third-order valence-corrected chi connectivity index (χ3v) is 5.79. The number of hydrogen-bond donors (Lipinski definition) is 0. The minimum absolute atomic E-state index is 0.544. The molecule has 8 heteroatoms. The summed E-state index contributed by atoms with van der Waals surface area (Å²) >= 11 is 1.67. The highest BCUT2D eigenvalue weighted by atomic mass is 32.2. The van der Waals surface area contributed by atoms with Crippen LogP contribution in [0, 0.1) is 0 Å². The highest BCUT2D eigenvalue weighted by Crippen LogP contribution is 2.28. The van der Waals surface area contributed by atoms with E-state index in [0.29, 0.717) is 23.7 Å². The lowest BCUT2D eigenvalue weighted by atomic mass is 10.1. The Kier molecular flexibility index (Phi) is 8.35. The molecule has 164 valence electrons. The van der Waals surface area contributed by atoms with Gasteiger partial charge in [-0.25, -0.2) is 0 Å². The van der Waals surface area contributed by atoms with Crippen LogP contribution in [0.15, 0.2) is 47.6 Å². The van der Waals surface area contributed by atoms with Gasteiger partial charge < -0.3 is 18.8 Å². The Hall–Kier alpha value is -3.00. The number of benzene rings is 2. The summed E-state index contributed by atoms with van der Waals surface area (Å²) in [6.45, 7) is 3.46. The maximum atomic E-state index is 10.9. The van der Waals surface area contributed by atoms with Crippen molar-refractivity contribution in [1.82, 2.24) is 14.8 Å². The average molecular weight is 442 g/mol. The molecule has 0 unspecified atom stereocenters. The van der Waals surface area contributed by atoms with E-state index in [4.69, 9.17) is 14.2 Å². The second-order valence-corrected chi connectivity index (χ2v) is 7.81. The highest BCUT2D eigenvalue weighted by molar-refractivity contribution is 7.99. The molecule has 3 aromatic rings. The first-order valence-corrected chi connectivity index (χ1v) is 11.1. The Morgan fingerprint density at radius 2 is 1.84 bits per heavy atom. The first kappa shape index (κ1) is 22.7. The molecule has 0 bridgehead atoms. The number of carbonyl (C=O) groups excluding carboxylic acids is 1. The van der Waals surface area contributed by atoms with Crippen molar-refractivity contribution < 1.29 is 19.0 Å². The third kappa shape index (κ3) is 6.01. The lowest BCUT2D eigenvalue weighted by Crippen LogP contribution is -2.05. The molecule has 0 N–H and O–H groups in total. The Morgan fingerprint density at radius 1 is 1.03 bits per heavy atom. The van der Waals surface area contributed by atoms with Crippen LogP contribution in [0.1, 0.15) is 35.1 Å². The van der Waals surface area contributed by atoms with Gasteiger partial charge in [-0.05, 0) is 49.2 Å². The van der Waals surface area contributed by atoms with Crippen molar-refractivity contribution in [3.05, 3.63) is 59.4 Å². The van der Waals surface area contributed by atoms with Crippen LogP contribution in [0.2, 0.25) is 0 Å². The quantitative estimate of drug-likeness (QED) is 0.236. The van der Waals surface area contributed by atoms with Gasteiger partial charge in [-0.2, -0.15) is 0 Å². The number of methoxy groups -OCH3 is 2. The number of aromatic nitrogens is 3. The van der Waals surface area contributed by atoms with E-state index >= 15 is 0 Å². The third-order valence-electron chi connectivity index (χ3n) is 4.73. The molecule has 0 saturated carbocycles. The van der Waals surface area contributed by atoms with E-state index in [2.05, 4.69) is 21.7 Å². The molecular formula is C23H27N3O4S. The van der Waals surface area contributed by atoms with Crippen LogP contribution in [0.3, 0.4) is 0 Å². The van der Waals surface area contributed by atoms with E-state index in [0.717, 1.165) is 48.2 Å². The molecule has 3 rings (SSSR count). The first-order chi connectivity index (χ1) is 15.2. The monoisotopic (exact) mass is 441 g/mol. The van der Waals surface area contributed by atoms with E-state index in [1.807, 2.05) is 24.3 Å². The van der Waals surface area contributed by atoms with Gasteiger partial charge in [-0.1, -0.05) is 23.9 Å². The maximum absolute atomic E-state index is 10.9. The predicted octanol–water partition coefficient (Wildman–Crippen LogP) is 4.28. The Bertz CT molecular complexity index is 989. The van der Waals surface area contributed by atoms with Crippen molar-refractivity contribution in [1.29, 1.82) is 0 Å².